The van der Waals surface area contributed by atoms with E-state index < -0.39 is 6.17 Å². The largest absolute Gasteiger partial charge is 0.490 e. The molecule has 2 aromatic rings. The fraction of sp³-hybridized carbons (Fsp3) is 0.188. The van der Waals surface area contributed by atoms with Gasteiger partial charge in [0, 0.05) is 17.5 Å². The van der Waals surface area contributed by atoms with Crippen molar-refractivity contribution in [3.05, 3.63) is 65.2 Å². The summed E-state index contributed by atoms with van der Waals surface area (Å²) in [6, 6.07) is 14.3. The molecule has 0 fully saturated rings. The molecule has 1 heterocycles. The van der Waals surface area contributed by atoms with E-state index in [0.29, 0.717) is 23.3 Å². The summed E-state index contributed by atoms with van der Waals surface area (Å²) in [5.74, 6) is 0.628. The second kappa shape index (κ2) is 4.84. The molecule has 3 rings (SSSR count). The van der Waals surface area contributed by atoms with Gasteiger partial charge in [0.1, 0.15) is 18.5 Å². The van der Waals surface area contributed by atoms with Crippen LogP contribution < -0.4 is 4.74 Å². The molecular weight excluding hydrogens is 243 g/mol. The summed E-state index contributed by atoms with van der Waals surface area (Å²) >= 11 is 0. The Hall–Kier alpha value is -2.16. The summed E-state index contributed by atoms with van der Waals surface area (Å²) in [6.07, 6.45) is -0.680. The second-order valence-electron chi connectivity index (χ2n) is 4.63. The van der Waals surface area contributed by atoms with Crippen LogP contribution in [-0.2, 0) is 6.42 Å². The average molecular weight is 256 g/mol. The zero-order valence-electron chi connectivity index (χ0n) is 10.3. The number of alkyl halides is 1. The minimum atomic E-state index is -0.991. The van der Waals surface area contributed by atoms with Gasteiger partial charge in [-0.25, -0.2) is 4.39 Å². The normalized spacial score (nSPS) is 17.4. The predicted octanol–water partition coefficient (Wildman–Crippen LogP) is 3.19. The molecular formula is C16H13FO2. The molecule has 1 atom stereocenters. The maximum atomic E-state index is 13.3. The Morgan fingerprint density at radius 3 is 2.68 bits per heavy atom. The quantitative estimate of drug-likeness (QED) is 0.771. The Kier molecular flexibility index (Phi) is 3.03. The number of halogens is 1. The highest BCUT2D eigenvalue weighted by atomic mass is 19.1. The molecule has 2 nitrogen and oxygen atoms in total. The van der Waals surface area contributed by atoms with E-state index in [1.807, 2.05) is 18.2 Å². The number of hydrogen-bond acceptors (Lipinski definition) is 2. The van der Waals surface area contributed by atoms with Crippen molar-refractivity contribution in [2.75, 3.05) is 6.61 Å². The van der Waals surface area contributed by atoms with E-state index in [-0.39, 0.29) is 12.4 Å². The lowest BCUT2D eigenvalue weighted by molar-refractivity contribution is 0.103. The van der Waals surface area contributed by atoms with Crippen molar-refractivity contribution < 1.29 is 13.9 Å². The molecule has 0 aromatic heterocycles. The molecule has 0 unspecified atom stereocenters. The summed E-state index contributed by atoms with van der Waals surface area (Å²) in [5, 5.41) is 0. The number of carbonyl (C=O) groups excluding carboxylic acids is 1. The van der Waals surface area contributed by atoms with Gasteiger partial charge in [0.25, 0.3) is 0 Å². The number of ether oxygens (including phenoxy) is 1. The summed E-state index contributed by atoms with van der Waals surface area (Å²) in [4.78, 5) is 12.3. The van der Waals surface area contributed by atoms with Crippen LogP contribution in [0.2, 0.25) is 0 Å². The maximum Gasteiger partial charge on any atom is 0.193 e. The molecule has 0 N–H and O–H groups in total. The van der Waals surface area contributed by atoms with Crippen LogP contribution in [-0.4, -0.2) is 18.6 Å². The highest BCUT2D eigenvalue weighted by Gasteiger charge is 2.20. The molecule has 0 bridgehead atoms. The molecule has 0 amide bonds. The van der Waals surface area contributed by atoms with Gasteiger partial charge in [0.2, 0.25) is 0 Å². The van der Waals surface area contributed by atoms with E-state index in [0.717, 1.165) is 5.56 Å². The Bertz CT molecular complexity index is 607. The van der Waals surface area contributed by atoms with Gasteiger partial charge in [-0.3, -0.25) is 4.79 Å². The van der Waals surface area contributed by atoms with Gasteiger partial charge < -0.3 is 4.74 Å². The molecule has 1 aliphatic rings. The number of carbonyl (C=O) groups is 1. The lowest BCUT2D eigenvalue weighted by Crippen LogP contribution is -2.22. The molecule has 0 aliphatic carbocycles. The van der Waals surface area contributed by atoms with E-state index in [1.165, 1.54) is 0 Å². The van der Waals surface area contributed by atoms with Gasteiger partial charge in [0.05, 0.1) is 0 Å². The predicted molar refractivity (Wildman–Crippen MR) is 70.4 cm³/mol. The summed E-state index contributed by atoms with van der Waals surface area (Å²) < 4.78 is 18.6. The molecule has 96 valence electrons. The Balaban J connectivity index is 1.94. The molecule has 19 heavy (non-hydrogen) atoms. The molecule has 0 radical (unpaired) electrons. The number of rotatable bonds is 2. The van der Waals surface area contributed by atoms with Crippen molar-refractivity contribution in [2.24, 2.45) is 0 Å². The fourth-order valence-corrected chi connectivity index (χ4v) is 2.25. The zero-order chi connectivity index (χ0) is 13.2. The van der Waals surface area contributed by atoms with Crippen LogP contribution in [0.25, 0.3) is 0 Å². The minimum absolute atomic E-state index is 0.0515. The van der Waals surface area contributed by atoms with Crippen molar-refractivity contribution >= 4 is 5.78 Å². The first-order valence-corrected chi connectivity index (χ1v) is 6.23. The van der Waals surface area contributed by atoms with Crippen molar-refractivity contribution in [3.8, 4) is 5.75 Å². The SMILES string of the molecule is O=C(c1ccccc1)c1ccc2c(c1)C[C@@H](F)CO2. The van der Waals surface area contributed by atoms with Crippen LogP contribution >= 0.6 is 0 Å². The number of ketones is 1. The zero-order valence-corrected chi connectivity index (χ0v) is 10.3. The lowest BCUT2D eigenvalue weighted by atomic mass is 9.97. The van der Waals surface area contributed by atoms with Crippen LogP contribution in [0.1, 0.15) is 21.5 Å². The van der Waals surface area contributed by atoms with Crippen LogP contribution in [0.3, 0.4) is 0 Å². The smallest absolute Gasteiger partial charge is 0.193 e. The Morgan fingerprint density at radius 1 is 1.11 bits per heavy atom. The third-order valence-electron chi connectivity index (χ3n) is 3.22. The van der Waals surface area contributed by atoms with Gasteiger partial charge in [-0.2, -0.15) is 0 Å². The van der Waals surface area contributed by atoms with Gasteiger partial charge in [-0.1, -0.05) is 30.3 Å². The first-order chi connectivity index (χ1) is 9.24. The molecule has 0 saturated carbocycles. The Morgan fingerprint density at radius 2 is 1.89 bits per heavy atom. The third kappa shape index (κ3) is 2.36. The molecule has 0 saturated heterocycles. The van der Waals surface area contributed by atoms with Crippen LogP contribution in [0.5, 0.6) is 5.75 Å². The van der Waals surface area contributed by atoms with Crippen molar-refractivity contribution in [3.63, 3.8) is 0 Å². The second-order valence-corrected chi connectivity index (χ2v) is 4.63. The molecule has 0 spiro atoms. The standard InChI is InChI=1S/C16H13FO2/c17-14-9-13-8-12(6-7-15(13)19-10-14)16(18)11-4-2-1-3-5-11/h1-8,14H,9-10H2/t14-/m1/s1. The maximum absolute atomic E-state index is 13.3. The molecule has 2 aromatic carbocycles. The van der Waals surface area contributed by atoms with E-state index in [2.05, 4.69) is 0 Å². The lowest BCUT2D eigenvalue weighted by Gasteiger charge is -2.20. The van der Waals surface area contributed by atoms with Crippen LogP contribution in [0.15, 0.2) is 48.5 Å². The van der Waals surface area contributed by atoms with E-state index in [9.17, 15) is 9.18 Å². The van der Waals surface area contributed by atoms with Crippen molar-refractivity contribution in [1.29, 1.82) is 0 Å². The first kappa shape index (κ1) is 11.9. The summed E-state index contributed by atoms with van der Waals surface area (Å²) in [5.41, 5.74) is 1.97. The van der Waals surface area contributed by atoms with Crippen LogP contribution in [0.4, 0.5) is 4.39 Å². The minimum Gasteiger partial charge on any atom is -0.490 e. The highest BCUT2D eigenvalue weighted by Crippen LogP contribution is 2.27. The molecule has 1 aliphatic heterocycles. The van der Waals surface area contributed by atoms with E-state index in [1.54, 1.807) is 30.3 Å². The summed E-state index contributed by atoms with van der Waals surface area (Å²) in [7, 11) is 0. The summed E-state index contributed by atoms with van der Waals surface area (Å²) in [6.45, 7) is 0.0962. The van der Waals surface area contributed by atoms with E-state index in [4.69, 9.17) is 4.74 Å². The van der Waals surface area contributed by atoms with Crippen molar-refractivity contribution in [1.82, 2.24) is 0 Å². The van der Waals surface area contributed by atoms with Gasteiger partial charge in [-0.05, 0) is 23.8 Å². The monoisotopic (exact) mass is 256 g/mol. The topological polar surface area (TPSA) is 26.3 Å². The third-order valence-corrected chi connectivity index (χ3v) is 3.22. The average Bonchev–Trinajstić information content (AvgIpc) is 2.46. The Labute approximate surface area is 110 Å². The highest BCUT2D eigenvalue weighted by molar-refractivity contribution is 6.09. The molecule has 3 heteroatoms. The van der Waals surface area contributed by atoms with Gasteiger partial charge in [0.15, 0.2) is 5.78 Å². The van der Waals surface area contributed by atoms with Crippen molar-refractivity contribution in [2.45, 2.75) is 12.6 Å². The first-order valence-electron chi connectivity index (χ1n) is 6.23. The van der Waals surface area contributed by atoms with Gasteiger partial charge in [-0.15, -0.1) is 0 Å². The fourth-order valence-electron chi connectivity index (χ4n) is 2.25. The van der Waals surface area contributed by atoms with E-state index >= 15 is 0 Å². The number of benzene rings is 2. The number of hydrogen-bond donors (Lipinski definition) is 0. The van der Waals surface area contributed by atoms with Crippen LogP contribution in [0, 0.1) is 0 Å². The van der Waals surface area contributed by atoms with Gasteiger partial charge >= 0.3 is 0 Å². The number of fused-ring (bicyclic) bond motifs is 1.